The highest BCUT2D eigenvalue weighted by molar-refractivity contribution is 6.00. The molecule has 0 spiro atoms. The highest BCUT2D eigenvalue weighted by atomic mass is 16.6. The molecule has 3 aromatic rings. The Balaban J connectivity index is 1.85. The molecule has 3 aromatic carbocycles. The van der Waals surface area contributed by atoms with Crippen molar-refractivity contribution in [1.29, 1.82) is 0 Å². The van der Waals surface area contributed by atoms with Gasteiger partial charge in [-0.2, -0.15) is 0 Å². The average molecular weight is 520 g/mol. The molecule has 0 unspecified atom stereocenters. The molecular formula is C27H24N2O9. The third kappa shape index (κ3) is 6.94. The number of hydrogen-bond acceptors (Lipinski definition) is 8. The number of carboxylic acid groups (broad SMARTS) is 1. The largest absolute Gasteiger partial charge is 0.507 e. The van der Waals surface area contributed by atoms with Crippen molar-refractivity contribution in [3.63, 3.8) is 0 Å². The molecule has 0 aliphatic carbocycles. The first-order chi connectivity index (χ1) is 18.1. The number of aliphatic carboxylic acids is 1. The molecule has 11 heteroatoms. The van der Waals surface area contributed by atoms with E-state index in [1.165, 1.54) is 48.5 Å². The predicted octanol–water partition coefficient (Wildman–Crippen LogP) is 2.31. The summed E-state index contributed by atoms with van der Waals surface area (Å²) in [6.07, 6.45) is -4.49. The minimum atomic E-state index is -2.28. The van der Waals surface area contributed by atoms with Crippen LogP contribution < -0.4 is 10.9 Å². The number of aryl methyl sites for hydroxylation is 2. The summed E-state index contributed by atoms with van der Waals surface area (Å²) in [5.41, 5.74) is 5.42. The van der Waals surface area contributed by atoms with Crippen LogP contribution in [-0.4, -0.2) is 52.1 Å². The van der Waals surface area contributed by atoms with E-state index in [4.69, 9.17) is 9.47 Å². The number of para-hydroxylation sites is 1. The van der Waals surface area contributed by atoms with Gasteiger partial charge >= 0.3 is 17.9 Å². The molecule has 0 saturated heterocycles. The molecule has 11 nitrogen and oxygen atoms in total. The second kappa shape index (κ2) is 12.2. The molecule has 0 fully saturated rings. The van der Waals surface area contributed by atoms with Crippen molar-refractivity contribution >= 4 is 29.7 Å². The van der Waals surface area contributed by atoms with Gasteiger partial charge in [0.1, 0.15) is 5.75 Å². The molecule has 0 radical (unpaired) electrons. The van der Waals surface area contributed by atoms with Crippen LogP contribution in [0.5, 0.6) is 5.75 Å². The maximum atomic E-state index is 13.0. The number of hydrazine groups is 1. The molecule has 38 heavy (non-hydrogen) atoms. The van der Waals surface area contributed by atoms with Crippen molar-refractivity contribution in [2.75, 3.05) is 0 Å². The quantitative estimate of drug-likeness (QED) is 0.257. The van der Waals surface area contributed by atoms with E-state index in [1.807, 2.05) is 10.9 Å². The van der Waals surface area contributed by atoms with Gasteiger partial charge < -0.3 is 19.7 Å². The summed E-state index contributed by atoms with van der Waals surface area (Å²) in [5, 5.41) is 19.6. The molecule has 4 N–H and O–H groups in total. The lowest BCUT2D eigenvalue weighted by molar-refractivity contribution is -0.159. The number of carboxylic acids is 1. The molecule has 0 bridgehead atoms. The van der Waals surface area contributed by atoms with E-state index in [9.17, 15) is 34.2 Å². The lowest BCUT2D eigenvalue weighted by atomic mass is 10.1. The zero-order valence-corrected chi connectivity index (χ0v) is 20.3. The summed E-state index contributed by atoms with van der Waals surface area (Å²) in [6, 6.07) is 17.5. The summed E-state index contributed by atoms with van der Waals surface area (Å²) in [6.45, 7) is 3.56. The van der Waals surface area contributed by atoms with Gasteiger partial charge in [0.15, 0.2) is 0 Å². The van der Waals surface area contributed by atoms with Gasteiger partial charge in [-0.1, -0.05) is 47.5 Å². The summed E-state index contributed by atoms with van der Waals surface area (Å²) >= 11 is 0. The molecular weight excluding hydrogens is 496 g/mol. The number of benzene rings is 3. The van der Waals surface area contributed by atoms with E-state index in [0.29, 0.717) is 0 Å². The predicted molar refractivity (Wildman–Crippen MR) is 132 cm³/mol. The number of hydrogen-bond donors (Lipinski definition) is 4. The van der Waals surface area contributed by atoms with Crippen LogP contribution in [0.4, 0.5) is 0 Å². The van der Waals surface area contributed by atoms with Crippen LogP contribution in [0.1, 0.15) is 42.2 Å². The Bertz CT molecular complexity index is 1350. The second-order valence-corrected chi connectivity index (χ2v) is 8.18. The van der Waals surface area contributed by atoms with Gasteiger partial charge in [-0.15, -0.1) is 0 Å². The van der Waals surface area contributed by atoms with Gasteiger partial charge in [-0.3, -0.25) is 20.4 Å². The number of nitrogens with one attached hydrogen (secondary N) is 2. The Morgan fingerprint density at radius 2 is 1.16 bits per heavy atom. The van der Waals surface area contributed by atoms with Crippen LogP contribution in [0, 0.1) is 13.8 Å². The molecule has 0 saturated carbocycles. The van der Waals surface area contributed by atoms with Gasteiger partial charge in [-0.25, -0.2) is 14.4 Å². The smallest absolute Gasteiger partial charge is 0.349 e. The number of rotatable bonds is 8. The number of carbonyl (C=O) groups excluding carboxylic acids is 4. The summed E-state index contributed by atoms with van der Waals surface area (Å²) in [5.74, 6) is -6.57. The number of carbonyl (C=O) groups is 5. The van der Waals surface area contributed by atoms with Crippen molar-refractivity contribution in [1.82, 2.24) is 10.9 Å². The summed E-state index contributed by atoms with van der Waals surface area (Å²) in [4.78, 5) is 62.8. The first-order valence-electron chi connectivity index (χ1n) is 11.2. The van der Waals surface area contributed by atoms with Gasteiger partial charge in [-0.05, 0) is 50.2 Å². The number of phenols is 1. The standard InChI is InChI=1S/C27H24N2O9/c1-15-7-11-17(12-8-15)26(35)37-21(24(32)29-28-23(31)19-5-3-4-6-20(19)30)22(25(33)34)38-27(36)18-13-9-16(2)10-14-18/h3-14,21-22,30H,1-2H3,(H,28,31)(H,29,32)(H,33,34)/t21-,22-/m0/s1. The van der Waals surface area contributed by atoms with E-state index in [-0.39, 0.29) is 22.4 Å². The SMILES string of the molecule is Cc1ccc(C(=O)O[C@H](C(=O)O)[C@H](OC(=O)c2ccc(C)cc2)C(=O)NNC(=O)c2ccccc2O)cc1. The van der Waals surface area contributed by atoms with Crippen LogP contribution in [-0.2, 0) is 19.1 Å². The normalized spacial score (nSPS) is 11.9. The van der Waals surface area contributed by atoms with E-state index in [1.54, 1.807) is 38.1 Å². The van der Waals surface area contributed by atoms with Crippen LogP contribution in [0.2, 0.25) is 0 Å². The average Bonchev–Trinajstić information content (AvgIpc) is 2.89. The topological polar surface area (TPSA) is 168 Å². The second-order valence-electron chi connectivity index (χ2n) is 8.18. The fourth-order valence-corrected chi connectivity index (χ4v) is 3.16. The first kappa shape index (κ1) is 27.4. The highest BCUT2D eigenvalue weighted by Gasteiger charge is 2.41. The van der Waals surface area contributed by atoms with Gasteiger partial charge in [0.25, 0.3) is 11.8 Å². The molecule has 0 aromatic heterocycles. The number of esters is 2. The number of aromatic hydroxyl groups is 1. The lowest BCUT2D eigenvalue weighted by Crippen LogP contribution is -2.54. The Morgan fingerprint density at radius 3 is 1.63 bits per heavy atom. The van der Waals surface area contributed by atoms with Crippen LogP contribution in [0.25, 0.3) is 0 Å². The lowest BCUT2D eigenvalue weighted by Gasteiger charge is -2.23. The highest BCUT2D eigenvalue weighted by Crippen LogP contribution is 2.16. The van der Waals surface area contributed by atoms with E-state index in [0.717, 1.165) is 11.1 Å². The Morgan fingerprint density at radius 1 is 0.684 bits per heavy atom. The minimum Gasteiger partial charge on any atom is -0.507 e. The van der Waals surface area contributed by atoms with Crippen molar-refractivity contribution in [2.24, 2.45) is 0 Å². The van der Waals surface area contributed by atoms with Crippen molar-refractivity contribution in [3.05, 3.63) is 101 Å². The van der Waals surface area contributed by atoms with Gasteiger partial charge in [0.05, 0.1) is 16.7 Å². The molecule has 2 amide bonds. The van der Waals surface area contributed by atoms with Crippen LogP contribution >= 0.6 is 0 Å². The third-order valence-corrected chi connectivity index (χ3v) is 5.27. The monoisotopic (exact) mass is 520 g/mol. The molecule has 0 aliphatic rings. The summed E-state index contributed by atoms with van der Waals surface area (Å²) < 4.78 is 10.2. The maximum Gasteiger partial charge on any atom is 0.349 e. The number of amides is 2. The number of ether oxygens (including phenoxy) is 2. The van der Waals surface area contributed by atoms with Crippen LogP contribution in [0.3, 0.4) is 0 Å². The van der Waals surface area contributed by atoms with Crippen molar-refractivity contribution in [3.8, 4) is 5.75 Å². The van der Waals surface area contributed by atoms with Crippen molar-refractivity contribution in [2.45, 2.75) is 26.1 Å². The van der Waals surface area contributed by atoms with E-state index >= 15 is 0 Å². The maximum absolute atomic E-state index is 13.0. The van der Waals surface area contributed by atoms with Crippen molar-refractivity contribution < 1.29 is 43.7 Å². The molecule has 3 rings (SSSR count). The zero-order valence-electron chi connectivity index (χ0n) is 20.3. The fraction of sp³-hybridized carbons (Fsp3) is 0.148. The number of phenolic OH excluding ortho intramolecular Hbond substituents is 1. The van der Waals surface area contributed by atoms with Gasteiger partial charge in [0, 0.05) is 0 Å². The zero-order chi connectivity index (χ0) is 27.8. The third-order valence-electron chi connectivity index (χ3n) is 5.27. The minimum absolute atomic E-state index is 0.000596. The molecule has 0 aliphatic heterocycles. The summed E-state index contributed by atoms with van der Waals surface area (Å²) in [7, 11) is 0. The van der Waals surface area contributed by atoms with Gasteiger partial charge in [0.2, 0.25) is 12.2 Å². The van der Waals surface area contributed by atoms with E-state index < -0.39 is 41.9 Å². The molecule has 0 heterocycles. The molecule has 196 valence electrons. The Kier molecular flexibility index (Phi) is 8.78. The Labute approximate surface area is 217 Å². The van der Waals surface area contributed by atoms with Crippen LogP contribution in [0.15, 0.2) is 72.8 Å². The molecule has 2 atom stereocenters. The first-order valence-corrected chi connectivity index (χ1v) is 11.2. The van der Waals surface area contributed by atoms with E-state index in [2.05, 4.69) is 0 Å². The fourth-order valence-electron chi connectivity index (χ4n) is 3.16. The Hall–Kier alpha value is -5.19.